The first-order valence-electron chi connectivity index (χ1n) is 4.00. The largest absolute Gasteiger partial charge is 0.479 e. The molecule has 0 radical (unpaired) electrons. The van der Waals surface area contributed by atoms with E-state index in [4.69, 9.17) is 9.84 Å². The first-order valence-corrected chi connectivity index (χ1v) is 4.00. The zero-order valence-electron chi connectivity index (χ0n) is 7.20. The topological polar surface area (TPSA) is 72.8 Å². The summed E-state index contributed by atoms with van der Waals surface area (Å²) in [4.78, 5) is 22.0. The summed E-state index contributed by atoms with van der Waals surface area (Å²) < 4.78 is 9.69. The molecule has 1 aliphatic carbocycles. The molecule has 0 amide bonds. The molecule has 5 heteroatoms. The molecule has 0 spiro atoms. The van der Waals surface area contributed by atoms with Gasteiger partial charge >= 0.3 is 11.9 Å². The average Bonchev–Trinajstić information content (AvgIpc) is 2.57. The van der Waals surface area contributed by atoms with Crippen LogP contribution in [-0.2, 0) is 19.1 Å². The molecule has 0 aromatic rings. The van der Waals surface area contributed by atoms with E-state index in [-0.39, 0.29) is 25.4 Å². The third-order valence-corrected chi connectivity index (χ3v) is 2.88. The Hall–Kier alpha value is -1.10. The van der Waals surface area contributed by atoms with E-state index >= 15 is 0 Å². The standard InChI is InChI=1S/C8H10O5/c1-12-6(11)7-2-8(3-7,5(9)10)13-4-7/h2-4H2,1H3,(H,9,10). The van der Waals surface area contributed by atoms with Crippen LogP contribution in [0.15, 0.2) is 0 Å². The maximum Gasteiger partial charge on any atom is 0.336 e. The van der Waals surface area contributed by atoms with Crippen LogP contribution in [0.4, 0.5) is 0 Å². The van der Waals surface area contributed by atoms with Gasteiger partial charge in [-0.15, -0.1) is 0 Å². The van der Waals surface area contributed by atoms with Gasteiger partial charge in [-0.1, -0.05) is 0 Å². The van der Waals surface area contributed by atoms with Gasteiger partial charge in [-0.25, -0.2) is 4.79 Å². The molecule has 2 aliphatic heterocycles. The molecule has 1 N–H and O–H groups in total. The molecular formula is C8H10O5. The second-order valence-electron chi connectivity index (χ2n) is 3.71. The zero-order chi connectivity index (χ0) is 9.69. The second-order valence-corrected chi connectivity index (χ2v) is 3.71. The van der Waals surface area contributed by atoms with Gasteiger partial charge < -0.3 is 14.6 Å². The van der Waals surface area contributed by atoms with Crippen molar-refractivity contribution in [3.05, 3.63) is 0 Å². The van der Waals surface area contributed by atoms with Crippen LogP contribution in [0.5, 0.6) is 0 Å². The minimum Gasteiger partial charge on any atom is -0.479 e. The number of ether oxygens (including phenoxy) is 2. The Kier molecular flexibility index (Phi) is 1.46. The molecule has 0 unspecified atom stereocenters. The van der Waals surface area contributed by atoms with Crippen molar-refractivity contribution >= 4 is 11.9 Å². The highest BCUT2D eigenvalue weighted by Crippen LogP contribution is 2.58. The number of hydrogen-bond donors (Lipinski definition) is 1. The number of hydrogen-bond acceptors (Lipinski definition) is 4. The van der Waals surface area contributed by atoms with Crippen LogP contribution in [0.25, 0.3) is 0 Å². The number of rotatable bonds is 2. The summed E-state index contributed by atoms with van der Waals surface area (Å²) >= 11 is 0. The van der Waals surface area contributed by atoms with E-state index in [1.165, 1.54) is 7.11 Å². The minimum absolute atomic E-state index is 0.173. The first-order chi connectivity index (χ1) is 6.05. The molecule has 2 saturated heterocycles. The van der Waals surface area contributed by atoms with Crippen molar-refractivity contribution in [2.45, 2.75) is 18.4 Å². The molecule has 0 aromatic carbocycles. The number of carbonyl (C=O) groups excluding carboxylic acids is 1. The molecule has 2 heterocycles. The first kappa shape index (κ1) is 8.50. The van der Waals surface area contributed by atoms with Crippen LogP contribution in [0.3, 0.4) is 0 Å². The second kappa shape index (κ2) is 2.23. The van der Waals surface area contributed by atoms with Crippen LogP contribution in [-0.4, -0.2) is 36.4 Å². The Balaban J connectivity index is 2.15. The van der Waals surface area contributed by atoms with Gasteiger partial charge in [0.15, 0.2) is 5.60 Å². The maximum atomic E-state index is 11.2. The highest BCUT2D eigenvalue weighted by Gasteiger charge is 2.70. The van der Waals surface area contributed by atoms with Gasteiger partial charge in [0.1, 0.15) is 0 Å². The van der Waals surface area contributed by atoms with E-state index in [1.807, 2.05) is 0 Å². The number of aliphatic carboxylic acids is 1. The normalized spacial score (nSPS) is 41.0. The van der Waals surface area contributed by atoms with Crippen molar-refractivity contribution in [1.29, 1.82) is 0 Å². The molecule has 0 atom stereocenters. The summed E-state index contributed by atoms with van der Waals surface area (Å²) in [6.07, 6.45) is 0.504. The van der Waals surface area contributed by atoms with E-state index in [0.717, 1.165) is 0 Å². The lowest BCUT2D eigenvalue weighted by Crippen LogP contribution is -2.53. The number of methoxy groups -OCH3 is 1. The highest BCUT2D eigenvalue weighted by atomic mass is 16.6. The lowest BCUT2D eigenvalue weighted by molar-refractivity contribution is -0.170. The fraction of sp³-hybridized carbons (Fsp3) is 0.750. The lowest BCUT2D eigenvalue weighted by atomic mass is 9.62. The predicted octanol–water partition coefficient (Wildman–Crippen LogP) is -0.207. The Bertz CT molecular complexity index is 276. The fourth-order valence-electron chi connectivity index (χ4n) is 2.15. The van der Waals surface area contributed by atoms with Crippen molar-refractivity contribution in [1.82, 2.24) is 0 Å². The molecule has 3 rings (SSSR count). The van der Waals surface area contributed by atoms with Gasteiger partial charge in [-0.3, -0.25) is 4.79 Å². The maximum absolute atomic E-state index is 11.2. The minimum atomic E-state index is -1.10. The number of esters is 1. The summed E-state index contributed by atoms with van der Waals surface area (Å²) in [5.41, 5.74) is -1.78. The van der Waals surface area contributed by atoms with E-state index in [9.17, 15) is 9.59 Å². The van der Waals surface area contributed by atoms with Crippen LogP contribution in [0, 0.1) is 5.41 Å². The molecular weight excluding hydrogens is 176 g/mol. The quantitative estimate of drug-likeness (QED) is 0.604. The summed E-state index contributed by atoms with van der Waals surface area (Å²) in [6, 6.07) is 0. The predicted molar refractivity (Wildman–Crippen MR) is 40.0 cm³/mol. The summed E-state index contributed by atoms with van der Waals surface area (Å²) in [6.45, 7) is 0.173. The average molecular weight is 186 g/mol. The number of carboxylic acid groups (broad SMARTS) is 1. The van der Waals surface area contributed by atoms with Crippen molar-refractivity contribution in [3.63, 3.8) is 0 Å². The molecule has 3 aliphatic rings. The summed E-state index contributed by atoms with van der Waals surface area (Å²) in [5.74, 6) is -1.34. The molecule has 13 heavy (non-hydrogen) atoms. The van der Waals surface area contributed by atoms with Gasteiger partial charge in [-0.05, 0) is 0 Å². The Morgan fingerprint density at radius 1 is 1.46 bits per heavy atom. The van der Waals surface area contributed by atoms with E-state index < -0.39 is 17.0 Å². The van der Waals surface area contributed by atoms with Crippen molar-refractivity contribution in [2.24, 2.45) is 5.41 Å². The van der Waals surface area contributed by atoms with Gasteiger partial charge in [0.05, 0.1) is 19.1 Å². The SMILES string of the molecule is COC(=O)C12COC(C(=O)O)(C1)C2. The van der Waals surface area contributed by atoms with Crippen LogP contribution >= 0.6 is 0 Å². The van der Waals surface area contributed by atoms with Gasteiger partial charge in [-0.2, -0.15) is 0 Å². The Labute approximate surface area is 74.6 Å². The summed E-state index contributed by atoms with van der Waals surface area (Å²) in [5, 5.41) is 8.80. The molecule has 5 nitrogen and oxygen atoms in total. The van der Waals surface area contributed by atoms with Crippen molar-refractivity contribution in [2.75, 3.05) is 13.7 Å². The number of carboxylic acids is 1. The van der Waals surface area contributed by atoms with E-state index in [1.54, 1.807) is 0 Å². The monoisotopic (exact) mass is 186 g/mol. The van der Waals surface area contributed by atoms with Gasteiger partial charge in [0.2, 0.25) is 0 Å². The third-order valence-electron chi connectivity index (χ3n) is 2.88. The molecule has 72 valence electrons. The van der Waals surface area contributed by atoms with E-state index in [2.05, 4.69) is 4.74 Å². The van der Waals surface area contributed by atoms with Crippen molar-refractivity contribution < 1.29 is 24.2 Å². The van der Waals surface area contributed by atoms with Gasteiger partial charge in [0.25, 0.3) is 0 Å². The molecule has 0 aromatic heterocycles. The fourth-order valence-corrected chi connectivity index (χ4v) is 2.15. The Morgan fingerprint density at radius 3 is 2.46 bits per heavy atom. The van der Waals surface area contributed by atoms with Crippen molar-refractivity contribution in [3.8, 4) is 0 Å². The number of carbonyl (C=O) groups is 2. The highest BCUT2D eigenvalue weighted by molar-refractivity contribution is 5.88. The number of fused-ring (bicyclic) bond motifs is 1. The van der Waals surface area contributed by atoms with Crippen LogP contribution in [0.2, 0.25) is 0 Å². The van der Waals surface area contributed by atoms with Gasteiger partial charge in [0, 0.05) is 12.8 Å². The molecule has 3 fully saturated rings. The third kappa shape index (κ3) is 0.848. The summed E-state index contributed by atoms with van der Waals surface area (Å²) in [7, 11) is 1.30. The molecule has 1 saturated carbocycles. The molecule has 2 bridgehead atoms. The zero-order valence-corrected chi connectivity index (χ0v) is 7.20. The van der Waals surface area contributed by atoms with E-state index in [0.29, 0.717) is 0 Å². The lowest BCUT2D eigenvalue weighted by Gasteiger charge is -2.38. The Morgan fingerprint density at radius 2 is 2.08 bits per heavy atom. The smallest absolute Gasteiger partial charge is 0.336 e. The van der Waals surface area contributed by atoms with Crippen LogP contribution in [0.1, 0.15) is 12.8 Å². The van der Waals surface area contributed by atoms with Crippen LogP contribution < -0.4 is 0 Å².